The maximum absolute atomic E-state index is 13.0. The van der Waals surface area contributed by atoms with E-state index < -0.39 is 5.60 Å². The van der Waals surface area contributed by atoms with E-state index in [1.807, 2.05) is 39.0 Å². The van der Waals surface area contributed by atoms with Crippen LogP contribution in [0.3, 0.4) is 0 Å². The van der Waals surface area contributed by atoms with E-state index in [1.54, 1.807) is 23.2 Å². The monoisotopic (exact) mass is 368 g/mol. The second-order valence-electron chi connectivity index (χ2n) is 8.00. The van der Waals surface area contributed by atoms with Gasteiger partial charge in [0.1, 0.15) is 11.4 Å². The fraction of sp³-hybridized carbons (Fsp3) is 0.455. The number of carbonyl (C=O) groups is 1. The third kappa shape index (κ3) is 4.79. The van der Waals surface area contributed by atoms with Gasteiger partial charge in [0.25, 0.3) is 0 Å². The number of phenolic OH excluding ortho intramolecular Hbond substituents is 1. The molecule has 0 fully saturated rings. The van der Waals surface area contributed by atoms with Gasteiger partial charge in [-0.1, -0.05) is 24.3 Å². The standard InChI is InChI=1S/C22H28N2O3/c1-22(2,3)27-21(26)24(15-13-16-8-4-5-12-20(16)25)19-11-6-10-18-17(19)9-7-14-23-18/h4-5,7-9,12,14,19,25H,6,10-11,13,15H2,1-3H3. The minimum absolute atomic E-state index is 0.0526. The lowest BCUT2D eigenvalue weighted by molar-refractivity contribution is 0.0141. The Morgan fingerprint density at radius 1 is 1.26 bits per heavy atom. The SMILES string of the molecule is CC(C)(C)OC(=O)N(CCc1ccccc1O)C1CCCc2ncccc21. The number of para-hydroxylation sites is 1. The number of hydrogen-bond donors (Lipinski definition) is 1. The first-order valence-corrected chi connectivity index (χ1v) is 9.55. The number of amides is 1. The first-order chi connectivity index (χ1) is 12.8. The van der Waals surface area contributed by atoms with Gasteiger partial charge in [0.15, 0.2) is 0 Å². The highest BCUT2D eigenvalue weighted by atomic mass is 16.6. The first kappa shape index (κ1) is 19.2. The Morgan fingerprint density at radius 2 is 2.04 bits per heavy atom. The van der Waals surface area contributed by atoms with Gasteiger partial charge >= 0.3 is 6.09 Å². The van der Waals surface area contributed by atoms with Crippen molar-refractivity contribution in [2.75, 3.05) is 6.54 Å². The van der Waals surface area contributed by atoms with Crippen LogP contribution >= 0.6 is 0 Å². The van der Waals surface area contributed by atoms with Crippen LogP contribution in [0.15, 0.2) is 42.6 Å². The number of aryl methyl sites for hydroxylation is 1. The van der Waals surface area contributed by atoms with E-state index in [0.717, 1.165) is 36.1 Å². The highest BCUT2D eigenvalue weighted by Crippen LogP contribution is 2.34. The zero-order valence-electron chi connectivity index (χ0n) is 16.3. The lowest BCUT2D eigenvalue weighted by Crippen LogP contribution is -2.41. The maximum atomic E-state index is 13.0. The summed E-state index contributed by atoms with van der Waals surface area (Å²) in [6.07, 6.45) is 4.87. The summed E-state index contributed by atoms with van der Waals surface area (Å²) >= 11 is 0. The largest absolute Gasteiger partial charge is 0.508 e. The van der Waals surface area contributed by atoms with Crippen LogP contribution in [-0.4, -0.2) is 33.2 Å². The number of carbonyl (C=O) groups excluding carboxylic acids is 1. The third-order valence-electron chi connectivity index (χ3n) is 4.79. The highest BCUT2D eigenvalue weighted by molar-refractivity contribution is 5.69. The molecule has 0 aliphatic heterocycles. The van der Waals surface area contributed by atoms with Crippen molar-refractivity contribution in [2.45, 2.75) is 58.1 Å². The Balaban J connectivity index is 1.86. The van der Waals surface area contributed by atoms with E-state index in [0.29, 0.717) is 13.0 Å². The molecule has 27 heavy (non-hydrogen) atoms. The van der Waals surface area contributed by atoms with E-state index in [-0.39, 0.29) is 17.9 Å². The predicted molar refractivity (Wildman–Crippen MR) is 105 cm³/mol. The molecule has 1 aromatic heterocycles. The number of benzene rings is 1. The molecule has 5 nitrogen and oxygen atoms in total. The number of aromatic nitrogens is 1. The molecular weight excluding hydrogens is 340 g/mol. The molecule has 0 saturated carbocycles. The topological polar surface area (TPSA) is 62.7 Å². The zero-order chi connectivity index (χ0) is 19.4. The van der Waals surface area contributed by atoms with Crippen molar-refractivity contribution in [1.82, 2.24) is 9.88 Å². The van der Waals surface area contributed by atoms with Crippen molar-refractivity contribution in [2.24, 2.45) is 0 Å². The van der Waals surface area contributed by atoms with Crippen molar-refractivity contribution in [3.05, 3.63) is 59.4 Å². The quantitative estimate of drug-likeness (QED) is 0.854. The molecule has 1 aromatic carbocycles. The van der Waals surface area contributed by atoms with Crippen LogP contribution in [-0.2, 0) is 17.6 Å². The number of nitrogens with zero attached hydrogens (tertiary/aromatic N) is 2. The van der Waals surface area contributed by atoms with Gasteiger partial charge in [0.2, 0.25) is 0 Å². The van der Waals surface area contributed by atoms with Crippen LogP contribution in [0.4, 0.5) is 4.79 Å². The molecule has 1 N–H and O–H groups in total. The van der Waals surface area contributed by atoms with Gasteiger partial charge in [0.05, 0.1) is 6.04 Å². The molecular formula is C22H28N2O3. The summed E-state index contributed by atoms with van der Waals surface area (Å²) in [5.41, 5.74) is 2.43. The Labute approximate surface area is 161 Å². The molecule has 5 heteroatoms. The van der Waals surface area contributed by atoms with Crippen LogP contribution in [0.25, 0.3) is 0 Å². The summed E-state index contributed by atoms with van der Waals surface area (Å²) in [7, 11) is 0. The minimum Gasteiger partial charge on any atom is -0.508 e. The van der Waals surface area contributed by atoms with Gasteiger partial charge in [-0.15, -0.1) is 0 Å². The Kier molecular flexibility index (Phi) is 5.68. The molecule has 1 aliphatic rings. The maximum Gasteiger partial charge on any atom is 0.410 e. The van der Waals surface area contributed by atoms with Crippen LogP contribution in [0.5, 0.6) is 5.75 Å². The van der Waals surface area contributed by atoms with Crippen molar-refractivity contribution in [1.29, 1.82) is 0 Å². The van der Waals surface area contributed by atoms with E-state index >= 15 is 0 Å². The van der Waals surface area contributed by atoms with Crippen molar-refractivity contribution in [3.8, 4) is 5.75 Å². The number of phenols is 1. The number of ether oxygens (including phenoxy) is 1. The Morgan fingerprint density at radius 3 is 2.78 bits per heavy atom. The highest BCUT2D eigenvalue weighted by Gasteiger charge is 2.32. The van der Waals surface area contributed by atoms with Gasteiger partial charge in [-0.2, -0.15) is 0 Å². The van der Waals surface area contributed by atoms with Gasteiger partial charge in [0, 0.05) is 18.4 Å². The molecule has 144 valence electrons. The Hall–Kier alpha value is -2.56. The second kappa shape index (κ2) is 7.99. The van der Waals surface area contributed by atoms with Crippen LogP contribution in [0.1, 0.15) is 56.5 Å². The molecule has 0 radical (unpaired) electrons. The molecule has 1 atom stereocenters. The first-order valence-electron chi connectivity index (χ1n) is 9.55. The van der Waals surface area contributed by atoms with Crippen LogP contribution < -0.4 is 0 Å². The van der Waals surface area contributed by atoms with Crippen molar-refractivity contribution in [3.63, 3.8) is 0 Å². The van der Waals surface area contributed by atoms with Crippen LogP contribution in [0.2, 0.25) is 0 Å². The molecule has 3 rings (SSSR count). The van der Waals surface area contributed by atoms with Gasteiger partial charge in [-0.25, -0.2) is 4.79 Å². The van der Waals surface area contributed by atoms with E-state index in [1.165, 1.54) is 0 Å². The smallest absolute Gasteiger partial charge is 0.410 e. The van der Waals surface area contributed by atoms with Crippen molar-refractivity contribution >= 4 is 6.09 Å². The summed E-state index contributed by atoms with van der Waals surface area (Å²) in [6.45, 7) is 6.11. The average Bonchev–Trinajstić information content (AvgIpc) is 2.62. The number of fused-ring (bicyclic) bond motifs is 1. The normalized spacial score (nSPS) is 16.5. The van der Waals surface area contributed by atoms with E-state index in [2.05, 4.69) is 11.1 Å². The third-order valence-corrected chi connectivity index (χ3v) is 4.79. The van der Waals surface area contributed by atoms with Gasteiger partial charge in [-0.05, 0) is 69.7 Å². The summed E-state index contributed by atoms with van der Waals surface area (Å²) in [5, 5.41) is 10.1. The molecule has 1 amide bonds. The molecule has 1 aliphatic carbocycles. The summed E-state index contributed by atoms with van der Waals surface area (Å²) in [4.78, 5) is 19.3. The fourth-order valence-electron chi connectivity index (χ4n) is 3.56. The van der Waals surface area contributed by atoms with E-state index in [9.17, 15) is 9.90 Å². The number of aromatic hydroxyl groups is 1. The molecule has 1 heterocycles. The molecule has 0 bridgehead atoms. The van der Waals surface area contributed by atoms with E-state index in [4.69, 9.17) is 4.74 Å². The second-order valence-corrected chi connectivity index (χ2v) is 8.00. The molecule has 0 spiro atoms. The molecule has 2 aromatic rings. The van der Waals surface area contributed by atoms with Crippen molar-refractivity contribution < 1.29 is 14.6 Å². The molecule has 1 unspecified atom stereocenters. The summed E-state index contributed by atoms with van der Waals surface area (Å²) in [5.74, 6) is 0.257. The average molecular weight is 368 g/mol. The Bertz CT molecular complexity index is 798. The lowest BCUT2D eigenvalue weighted by atomic mass is 9.90. The predicted octanol–water partition coefficient (Wildman–Crippen LogP) is 4.64. The minimum atomic E-state index is -0.559. The summed E-state index contributed by atoms with van der Waals surface area (Å²) < 4.78 is 5.69. The zero-order valence-corrected chi connectivity index (χ0v) is 16.3. The molecule has 0 saturated heterocycles. The van der Waals surface area contributed by atoms with Gasteiger partial charge in [-0.3, -0.25) is 4.98 Å². The van der Waals surface area contributed by atoms with Gasteiger partial charge < -0.3 is 14.7 Å². The number of pyridine rings is 1. The number of hydrogen-bond acceptors (Lipinski definition) is 4. The van der Waals surface area contributed by atoms with Crippen LogP contribution in [0, 0.1) is 0 Å². The summed E-state index contributed by atoms with van der Waals surface area (Å²) in [6, 6.07) is 11.2. The number of rotatable bonds is 4. The fourth-order valence-corrected chi connectivity index (χ4v) is 3.56. The lowest BCUT2D eigenvalue weighted by Gasteiger charge is -2.36.